The minimum Gasteiger partial charge on any atom is -0.460 e. The standard InChI is InChI=1S/C8H15NO2/c1-2-3-4-5-8(10)11-7-6-9/h6,9H,2-5,7H2,1H3. The molecule has 0 unspecified atom stereocenters. The van der Waals surface area contributed by atoms with E-state index in [0.717, 1.165) is 25.5 Å². The second-order valence-electron chi connectivity index (χ2n) is 2.34. The lowest BCUT2D eigenvalue weighted by Crippen LogP contribution is -2.05. The number of rotatable bonds is 6. The molecule has 0 saturated carbocycles. The van der Waals surface area contributed by atoms with Crippen LogP contribution in [0.3, 0.4) is 0 Å². The number of hydrogen-bond donors (Lipinski definition) is 1. The molecule has 0 amide bonds. The van der Waals surface area contributed by atoms with Gasteiger partial charge in [0.05, 0.1) is 0 Å². The van der Waals surface area contributed by atoms with E-state index in [9.17, 15) is 4.79 Å². The van der Waals surface area contributed by atoms with Crippen molar-refractivity contribution < 1.29 is 9.53 Å². The maximum absolute atomic E-state index is 10.8. The summed E-state index contributed by atoms with van der Waals surface area (Å²) in [5, 5.41) is 6.61. The van der Waals surface area contributed by atoms with Gasteiger partial charge in [0.15, 0.2) is 0 Å². The van der Waals surface area contributed by atoms with Gasteiger partial charge in [0.2, 0.25) is 0 Å². The van der Waals surface area contributed by atoms with Gasteiger partial charge < -0.3 is 10.1 Å². The first kappa shape index (κ1) is 10.1. The first-order valence-electron chi connectivity index (χ1n) is 3.95. The second-order valence-corrected chi connectivity index (χ2v) is 2.34. The Labute approximate surface area is 67.3 Å². The Kier molecular flexibility index (Phi) is 6.68. The van der Waals surface area contributed by atoms with E-state index in [1.807, 2.05) is 0 Å². The van der Waals surface area contributed by atoms with Gasteiger partial charge in [-0.2, -0.15) is 0 Å². The Bertz CT molecular complexity index is 123. The molecular formula is C8H15NO2. The van der Waals surface area contributed by atoms with Gasteiger partial charge in [-0.1, -0.05) is 19.8 Å². The van der Waals surface area contributed by atoms with Crippen molar-refractivity contribution in [1.29, 1.82) is 5.41 Å². The van der Waals surface area contributed by atoms with E-state index in [1.165, 1.54) is 0 Å². The third-order valence-electron chi connectivity index (χ3n) is 1.31. The van der Waals surface area contributed by atoms with Crippen LogP contribution in [0.1, 0.15) is 32.6 Å². The summed E-state index contributed by atoms with van der Waals surface area (Å²) >= 11 is 0. The van der Waals surface area contributed by atoms with Crippen LogP contribution in [0, 0.1) is 5.41 Å². The van der Waals surface area contributed by atoms with Gasteiger partial charge in [-0.3, -0.25) is 4.79 Å². The summed E-state index contributed by atoms with van der Waals surface area (Å²) in [7, 11) is 0. The van der Waals surface area contributed by atoms with Crippen LogP contribution < -0.4 is 0 Å². The molecule has 0 aromatic heterocycles. The highest BCUT2D eigenvalue weighted by Crippen LogP contribution is 1.99. The van der Waals surface area contributed by atoms with Crippen LogP contribution >= 0.6 is 0 Å². The molecule has 3 nitrogen and oxygen atoms in total. The molecule has 0 aliphatic carbocycles. The zero-order chi connectivity index (χ0) is 8.53. The predicted octanol–water partition coefficient (Wildman–Crippen LogP) is 1.76. The van der Waals surface area contributed by atoms with Gasteiger partial charge >= 0.3 is 5.97 Å². The van der Waals surface area contributed by atoms with Crippen molar-refractivity contribution in [3.63, 3.8) is 0 Å². The molecule has 0 aliphatic heterocycles. The molecule has 0 aliphatic rings. The van der Waals surface area contributed by atoms with E-state index in [2.05, 4.69) is 11.7 Å². The van der Waals surface area contributed by atoms with E-state index in [4.69, 9.17) is 5.41 Å². The summed E-state index contributed by atoms with van der Waals surface area (Å²) in [4.78, 5) is 10.8. The predicted molar refractivity (Wildman–Crippen MR) is 43.9 cm³/mol. The molecule has 0 spiro atoms. The number of carbonyl (C=O) groups is 1. The van der Waals surface area contributed by atoms with Crippen molar-refractivity contribution >= 4 is 12.2 Å². The second kappa shape index (κ2) is 7.25. The van der Waals surface area contributed by atoms with Crippen molar-refractivity contribution in [2.24, 2.45) is 0 Å². The molecule has 3 heteroatoms. The minimum atomic E-state index is -0.193. The van der Waals surface area contributed by atoms with Gasteiger partial charge in [-0.05, 0) is 6.42 Å². The fourth-order valence-corrected chi connectivity index (χ4v) is 0.726. The smallest absolute Gasteiger partial charge is 0.306 e. The van der Waals surface area contributed by atoms with E-state index < -0.39 is 0 Å². The van der Waals surface area contributed by atoms with Gasteiger partial charge in [0, 0.05) is 12.6 Å². The van der Waals surface area contributed by atoms with E-state index in [-0.39, 0.29) is 12.6 Å². The summed E-state index contributed by atoms with van der Waals surface area (Å²) in [6.45, 7) is 2.20. The van der Waals surface area contributed by atoms with E-state index >= 15 is 0 Å². The van der Waals surface area contributed by atoms with Crippen molar-refractivity contribution in [2.75, 3.05) is 6.61 Å². The Morgan fingerprint density at radius 3 is 2.82 bits per heavy atom. The van der Waals surface area contributed by atoms with Crippen LogP contribution in [-0.2, 0) is 9.53 Å². The molecule has 0 heterocycles. The Balaban J connectivity index is 3.15. The number of unbranched alkanes of at least 4 members (excludes halogenated alkanes) is 2. The molecule has 0 saturated heterocycles. The highest BCUT2D eigenvalue weighted by Gasteiger charge is 1.99. The molecule has 0 aromatic rings. The van der Waals surface area contributed by atoms with Gasteiger partial charge in [-0.15, -0.1) is 0 Å². The first-order valence-corrected chi connectivity index (χ1v) is 3.95. The van der Waals surface area contributed by atoms with Crippen LogP contribution in [0.15, 0.2) is 0 Å². The average Bonchev–Trinajstić information content (AvgIpc) is 2.01. The van der Waals surface area contributed by atoms with Crippen LogP contribution in [0.5, 0.6) is 0 Å². The SMILES string of the molecule is CCCCCC(=O)OCC=N. The highest BCUT2D eigenvalue weighted by molar-refractivity contribution is 5.71. The summed E-state index contributed by atoms with van der Waals surface area (Å²) in [6.07, 6.45) is 4.64. The quantitative estimate of drug-likeness (QED) is 0.363. The van der Waals surface area contributed by atoms with E-state index in [1.54, 1.807) is 0 Å². The maximum Gasteiger partial charge on any atom is 0.306 e. The maximum atomic E-state index is 10.8. The van der Waals surface area contributed by atoms with Gasteiger partial charge in [-0.25, -0.2) is 0 Å². The first-order chi connectivity index (χ1) is 5.31. The van der Waals surface area contributed by atoms with Crippen LogP contribution in [0.25, 0.3) is 0 Å². The normalized spacial score (nSPS) is 9.18. The zero-order valence-electron chi connectivity index (χ0n) is 6.93. The Morgan fingerprint density at radius 1 is 1.55 bits per heavy atom. The topological polar surface area (TPSA) is 50.2 Å². The third kappa shape index (κ3) is 7.03. The summed E-state index contributed by atoms with van der Waals surface area (Å²) in [6, 6.07) is 0. The van der Waals surface area contributed by atoms with Crippen molar-refractivity contribution in [3.8, 4) is 0 Å². The molecule has 0 rings (SSSR count). The van der Waals surface area contributed by atoms with Gasteiger partial charge in [0.25, 0.3) is 0 Å². The summed E-state index contributed by atoms with van der Waals surface area (Å²) in [5.74, 6) is -0.193. The van der Waals surface area contributed by atoms with Crippen LogP contribution in [0.4, 0.5) is 0 Å². The lowest BCUT2D eigenvalue weighted by atomic mass is 10.2. The van der Waals surface area contributed by atoms with Crippen LogP contribution in [0.2, 0.25) is 0 Å². The average molecular weight is 157 g/mol. The summed E-state index contributed by atoms with van der Waals surface area (Å²) < 4.78 is 4.66. The van der Waals surface area contributed by atoms with Crippen LogP contribution in [-0.4, -0.2) is 18.8 Å². The lowest BCUT2D eigenvalue weighted by molar-refractivity contribution is -0.141. The Morgan fingerprint density at radius 2 is 2.27 bits per heavy atom. The number of ether oxygens (including phenoxy) is 1. The monoisotopic (exact) mass is 157 g/mol. The fourth-order valence-electron chi connectivity index (χ4n) is 0.726. The van der Waals surface area contributed by atoms with Crippen molar-refractivity contribution in [2.45, 2.75) is 32.6 Å². The zero-order valence-corrected chi connectivity index (χ0v) is 6.93. The number of esters is 1. The molecule has 0 fully saturated rings. The molecule has 1 N–H and O–H groups in total. The molecule has 0 aromatic carbocycles. The van der Waals surface area contributed by atoms with Crippen molar-refractivity contribution in [1.82, 2.24) is 0 Å². The molecule has 0 bridgehead atoms. The minimum absolute atomic E-state index is 0.116. The Hall–Kier alpha value is -0.860. The van der Waals surface area contributed by atoms with E-state index in [0.29, 0.717) is 6.42 Å². The largest absolute Gasteiger partial charge is 0.460 e. The lowest BCUT2D eigenvalue weighted by Gasteiger charge is -1.99. The summed E-state index contributed by atoms with van der Waals surface area (Å²) in [5.41, 5.74) is 0. The molecule has 0 radical (unpaired) electrons. The highest BCUT2D eigenvalue weighted by atomic mass is 16.5. The molecular weight excluding hydrogens is 142 g/mol. The number of hydrogen-bond acceptors (Lipinski definition) is 3. The molecule has 64 valence electrons. The van der Waals surface area contributed by atoms with Gasteiger partial charge in [0.1, 0.15) is 6.61 Å². The number of carbonyl (C=O) groups excluding carboxylic acids is 1. The fraction of sp³-hybridized carbons (Fsp3) is 0.750. The molecule has 11 heavy (non-hydrogen) atoms. The molecule has 0 atom stereocenters. The van der Waals surface area contributed by atoms with Crippen molar-refractivity contribution in [3.05, 3.63) is 0 Å². The number of nitrogens with one attached hydrogen (secondary N) is 1. The third-order valence-corrected chi connectivity index (χ3v) is 1.31.